The lowest BCUT2D eigenvalue weighted by atomic mass is 9.92. The van der Waals surface area contributed by atoms with E-state index in [0.29, 0.717) is 18.4 Å². The quantitative estimate of drug-likeness (QED) is 0.669. The summed E-state index contributed by atoms with van der Waals surface area (Å²) < 4.78 is 5.43. The van der Waals surface area contributed by atoms with Crippen LogP contribution in [0.2, 0.25) is 0 Å². The molecular weight excluding hydrogens is 324 g/mol. The van der Waals surface area contributed by atoms with Crippen LogP contribution in [0.4, 0.5) is 11.4 Å². The van der Waals surface area contributed by atoms with Crippen molar-refractivity contribution in [2.45, 2.75) is 46.5 Å². The number of para-hydroxylation sites is 1. The number of nitrogens with one attached hydrogen (secondary N) is 2. The van der Waals surface area contributed by atoms with Crippen molar-refractivity contribution >= 4 is 17.3 Å². The Morgan fingerprint density at radius 2 is 1.54 bits per heavy atom. The molecule has 0 bridgehead atoms. The molecule has 0 atom stereocenters. The molecule has 2 aromatic carbocycles. The van der Waals surface area contributed by atoms with Crippen molar-refractivity contribution in [2.24, 2.45) is 0 Å². The van der Waals surface area contributed by atoms with E-state index < -0.39 is 0 Å². The fourth-order valence-electron chi connectivity index (χ4n) is 2.90. The summed E-state index contributed by atoms with van der Waals surface area (Å²) in [5.41, 5.74) is 4.19. The van der Waals surface area contributed by atoms with Crippen LogP contribution in [0.1, 0.15) is 57.6 Å². The number of benzene rings is 2. The maximum Gasteiger partial charge on any atom is 0.243 e. The standard InChI is InChI=1S/C22H30N2O2/c1-6-26-18-12-10-17(11-13-18)23-14-21(25)24-22-19(15(2)3)8-7-9-20(22)16(4)5/h7-13,15-16,23H,6,14H2,1-5H3,(H,24,25). The molecule has 4 nitrogen and oxygen atoms in total. The average Bonchev–Trinajstić information content (AvgIpc) is 2.61. The highest BCUT2D eigenvalue weighted by molar-refractivity contribution is 5.95. The summed E-state index contributed by atoms with van der Waals surface area (Å²) in [5, 5.41) is 6.28. The second kappa shape index (κ2) is 9.27. The fraction of sp³-hybridized carbons (Fsp3) is 0.409. The van der Waals surface area contributed by atoms with Gasteiger partial charge in [0.15, 0.2) is 0 Å². The van der Waals surface area contributed by atoms with Crippen LogP contribution in [0.15, 0.2) is 42.5 Å². The topological polar surface area (TPSA) is 50.4 Å². The maximum atomic E-state index is 12.5. The van der Waals surface area contributed by atoms with Gasteiger partial charge in [-0.3, -0.25) is 4.79 Å². The smallest absolute Gasteiger partial charge is 0.243 e. The molecule has 2 aromatic rings. The van der Waals surface area contributed by atoms with Crippen molar-refractivity contribution in [2.75, 3.05) is 23.8 Å². The highest BCUT2D eigenvalue weighted by Gasteiger charge is 2.15. The van der Waals surface area contributed by atoms with Gasteiger partial charge in [-0.25, -0.2) is 0 Å². The first-order valence-corrected chi connectivity index (χ1v) is 9.31. The van der Waals surface area contributed by atoms with Crippen LogP contribution in [0, 0.1) is 0 Å². The number of rotatable bonds is 8. The SMILES string of the molecule is CCOc1ccc(NCC(=O)Nc2c(C(C)C)cccc2C(C)C)cc1. The Morgan fingerprint density at radius 3 is 2.04 bits per heavy atom. The molecule has 2 rings (SSSR count). The van der Waals surface area contributed by atoms with Crippen molar-refractivity contribution in [1.29, 1.82) is 0 Å². The maximum absolute atomic E-state index is 12.5. The first-order chi connectivity index (χ1) is 12.4. The van der Waals surface area contributed by atoms with Crippen LogP contribution in [-0.4, -0.2) is 19.1 Å². The Morgan fingerprint density at radius 1 is 0.962 bits per heavy atom. The van der Waals surface area contributed by atoms with E-state index in [2.05, 4.69) is 56.5 Å². The van der Waals surface area contributed by atoms with Gasteiger partial charge in [0.25, 0.3) is 0 Å². The molecule has 4 heteroatoms. The zero-order chi connectivity index (χ0) is 19.1. The summed E-state index contributed by atoms with van der Waals surface area (Å²) in [5.74, 6) is 1.48. The molecule has 26 heavy (non-hydrogen) atoms. The number of carbonyl (C=O) groups excluding carboxylic acids is 1. The van der Waals surface area contributed by atoms with E-state index >= 15 is 0 Å². The van der Waals surface area contributed by atoms with Gasteiger partial charge in [0, 0.05) is 11.4 Å². The molecule has 0 fully saturated rings. The van der Waals surface area contributed by atoms with Gasteiger partial charge in [0.05, 0.1) is 13.2 Å². The van der Waals surface area contributed by atoms with Crippen LogP contribution in [0.5, 0.6) is 5.75 Å². The monoisotopic (exact) mass is 354 g/mol. The molecule has 0 aliphatic heterocycles. The van der Waals surface area contributed by atoms with E-state index in [-0.39, 0.29) is 12.5 Å². The van der Waals surface area contributed by atoms with E-state index in [9.17, 15) is 4.79 Å². The van der Waals surface area contributed by atoms with Crippen LogP contribution < -0.4 is 15.4 Å². The number of carbonyl (C=O) groups is 1. The van der Waals surface area contributed by atoms with E-state index in [4.69, 9.17) is 4.74 Å². The van der Waals surface area contributed by atoms with Gasteiger partial charge in [0.1, 0.15) is 5.75 Å². The molecule has 0 unspecified atom stereocenters. The highest BCUT2D eigenvalue weighted by atomic mass is 16.5. The predicted molar refractivity (Wildman–Crippen MR) is 109 cm³/mol. The van der Waals surface area contributed by atoms with Gasteiger partial charge in [0.2, 0.25) is 5.91 Å². The van der Waals surface area contributed by atoms with Gasteiger partial charge < -0.3 is 15.4 Å². The number of anilines is 2. The third kappa shape index (κ3) is 5.25. The van der Waals surface area contributed by atoms with Crippen molar-refractivity contribution in [3.05, 3.63) is 53.6 Å². The molecule has 0 heterocycles. The minimum atomic E-state index is -0.0473. The molecular formula is C22H30N2O2. The van der Waals surface area contributed by atoms with Gasteiger partial charge in [-0.2, -0.15) is 0 Å². The van der Waals surface area contributed by atoms with Crippen LogP contribution in [-0.2, 0) is 4.79 Å². The summed E-state index contributed by atoms with van der Waals surface area (Å²) in [7, 11) is 0. The second-order valence-corrected chi connectivity index (χ2v) is 6.98. The molecule has 0 spiro atoms. The minimum absolute atomic E-state index is 0.0473. The Hall–Kier alpha value is -2.49. The minimum Gasteiger partial charge on any atom is -0.494 e. The van der Waals surface area contributed by atoms with Crippen LogP contribution >= 0.6 is 0 Å². The van der Waals surface area contributed by atoms with Gasteiger partial charge in [-0.15, -0.1) is 0 Å². The largest absolute Gasteiger partial charge is 0.494 e. The van der Waals surface area contributed by atoms with Gasteiger partial charge in [-0.05, 0) is 54.2 Å². The van der Waals surface area contributed by atoms with Crippen molar-refractivity contribution in [3.63, 3.8) is 0 Å². The number of ether oxygens (including phenoxy) is 1. The van der Waals surface area contributed by atoms with Crippen LogP contribution in [0.3, 0.4) is 0 Å². The second-order valence-electron chi connectivity index (χ2n) is 6.98. The first-order valence-electron chi connectivity index (χ1n) is 9.31. The molecule has 0 aliphatic carbocycles. The Bertz CT molecular complexity index is 695. The van der Waals surface area contributed by atoms with E-state index in [1.165, 1.54) is 11.1 Å². The molecule has 2 N–H and O–H groups in total. The molecule has 0 aromatic heterocycles. The first kappa shape index (κ1) is 19.8. The van der Waals surface area contributed by atoms with Crippen molar-refractivity contribution in [3.8, 4) is 5.75 Å². The third-order valence-corrected chi connectivity index (χ3v) is 4.26. The Balaban J connectivity index is 2.05. The molecule has 0 aliphatic rings. The lowest BCUT2D eigenvalue weighted by Crippen LogP contribution is -2.23. The molecule has 140 valence electrons. The van der Waals surface area contributed by atoms with Crippen LogP contribution in [0.25, 0.3) is 0 Å². The number of amides is 1. The normalized spacial score (nSPS) is 10.9. The molecule has 0 radical (unpaired) electrons. The van der Waals surface area contributed by atoms with Gasteiger partial charge >= 0.3 is 0 Å². The summed E-state index contributed by atoms with van der Waals surface area (Å²) in [6.45, 7) is 11.4. The fourth-order valence-corrected chi connectivity index (χ4v) is 2.90. The lowest BCUT2D eigenvalue weighted by Gasteiger charge is -2.20. The van der Waals surface area contributed by atoms with Crippen molar-refractivity contribution in [1.82, 2.24) is 0 Å². The summed E-state index contributed by atoms with van der Waals surface area (Å²) in [4.78, 5) is 12.5. The van der Waals surface area contributed by atoms with Crippen molar-refractivity contribution < 1.29 is 9.53 Å². The summed E-state index contributed by atoms with van der Waals surface area (Å²) >= 11 is 0. The Labute approximate surface area is 157 Å². The Kier molecular flexibility index (Phi) is 7.07. The zero-order valence-corrected chi connectivity index (χ0v) is 16.4. The molecule has 1 amide bonds. The van der Waals surface area contributed by atoms with E-state index in [1.807, 2.05) is 31.2 Å². The number of hydrogen-bond acceptors (Lipinski definition) is 3. The predicted octanol–water partition coefficient (Wildman–Crippen LogP) is 5.38. The van der Waals surface area contributed by atoms with E-state index in [1.54, 1.807) is 0 Å². The lowest BCUT2D eigenvalue weighted by molar-refractivity contribution is -0.114. The number of hydrogen-bond donors (Lipinski definition) is 2. The average molecular weight is 354 g/mol. The van der Waals surface area contributed by atoms with E-state index in [0.717, 1.165) is 17.1 Å². The zero-order valence-electron chi connectivity index (χ0n) is 16.4. The van der Waals surface area contributed by atoms with Gasteiger partial charge in [-0.1, -0.05) is 45.9 Å². The summed E-state index contributed by atoms with van der Waals surface area (Å²) in [6, 6.07) is 13.9. The molecule has 0 saturated heterocycles. The third-order valence-electron chi connectivity index (χ3n) is 4.26. The molecule has 0 saturated carbocycles. The summed E-state index contributed by atoms with van der Waals surface area (Å²) in [6.07, 6.45) is 0. The highest BCUT2D eigenvalue weighted by Crippen LogP contribution is 2.32.